The van der Waals surface area contributed by atoms with Gasteiger partial charge in [-0.05, 0) is 37.3 Å². The summed E-state index contributed by atoms with van der Waals surface area (Å²) in [5.74, 6) is 0.655. The maximum atomic E-state index is 5.69. The summed E-state index contributed by atoms with van der Waals surface area (Å²) in [7, 11) is 0. The molecule has 3 rings (SSSR count). The van der Waals surface area contributed by atoms with Gasteiger partial charge in [-0.2, -0.15) is 15.0 Å². The largest absolute Gasteiger partial charge is 0.464 e. The van der Waals surface area contributed by atoms with Gasteiger partial charge in [0, 0.05) is 6.04 Å². The number of fused-ring (bicyclic) bond motifs is 1. The molecule has 0 aliphatic heterocycles. The zero-order valence-electron chi connectivity index (χ0n) is 12.0. The first-order chi connectivity index (χ1) is 10.2. The van der Waals surface area contributed by atoms with Crippen LogP contribution in [0.15, 0.2) is 24.3 Å². The minimum absolute atomic E-state index is 0.173. The maximum absolute atomic E-state index is 5.69. The molecule has 0 bridgehead atoms. The van der Waals surface area contributed by atoms with E-state index in [-0.39, 0.29) is 12.0 Å². The zero-order chi connectivity index (χ0) is 14.7. The third-order valence-corrected chi connectivity index (χ3v) is 3.59. The van der Waals surface area contributed by atoms with Crippen LogP contribution in [0.3, 0.4) is 0 Å². The van der Waals surface area contributed by atoms with Crippen molar-refractivity contribution in [2.75, 3.05) is 17.7 Å². The fraction of sp³-hybridized carbons (Fsp3) is 0.400. The molecule has 0 fully saturated rings. The van der Waals surface area contributed by atoms with Gasteiger partial charge in [-0.3, -0.25) is 0 Å². The van der Waals surface area contributed by atoms with E-state index in [0.29, 0.717) is 18.6 Å². The summed E-state index contributed by atoms with van der Waals surface area (Å²) < 4.78 is 5.29. The predicted octanol–water partition coefficient (Wildman–Crippen LogP) is 1.82. The number of aryl methyl sites for hydroxylation is 1. The number of nitrogens with two attached hydrogens (primary N) is 1. The van der Waals surface area contributed by atoms with Crippen molar-refractivity contribution in [3.8, 4) is 6.01 Å². The van der Waals surface area contributed by atoms with Gasteiger partial charge in [0.15, 0.2) is 0 Å². The van der Waals surface area contributed by atoms with Crippen molar-refractivity contribution in [2.24, 2.45) is 0 Å². The van der Waals surface area contributed by atoms with Gasteiger partial charge in [-0.15, -0.1) is 0 Å². The Labute approximate surface area is 123 Å². The number of aromatic nitrogens is 3. The molecule has 1 unspecified atom stereocenters. The zero-order valence-corrected chi connectivity index (χ0v) is 12.0. The lowest BCUT2D eigenvalue weighted by atomic mass is 9.88. The summed E-state index contributed by atoms with van der Waals surface area (Å²) in [6, 6.07) is 9.11. The van der Waals surface area contributed by atoms with Gasteiger partial charge < -0.3 is 15.8 Å². The number of nitrogens with one attached hydrogen (secondary N) is 1. The minimum atomic E-state index is 0.173. The Morgan fingerprint density at radius 2 is 2.05 bits per heavy atom. The van der Waals surface area contributed by atoms with Crippen LogP contribution in [0.2, 0.25) is 0 Å². The summed E-state index contributed by atoms with van der Waals surface area (Å²) in [6.45, 7) is 2.38. The summed E-state index contributed by atoms with van der Waals surface area (Å²) in [6.07, 6.45) is 3.07. The van der Waals surface area contributed by atoms with Crippen molar-refractivity contribution in [2.45, 2.75) is 32.2 Å². The van der Waals surface area contributed by atoms with Crippen LogP contribution < -0.4 is 15.8 Å². The normalized spacial score (nSPS) is 17.1. The standard InChI is InChI=1S/C15H19N5O/c1-2-21-15-19-13(16)18-14(20-15)17-12-8-7-10-5-3-4-6-11(10)9-12/h3-6,12H,2,7-9H2,1H3,(H3,16,17,18,19,20). The molecule has 110 valence electrons. The third kappa shape index (κ3) is 3.21. The van der Waals surface area contributed by atoms with Crippen LogP contribution in [-0.4, -0.2) is 27.6 Å². The number of benzene rings is 1. The molecule has 21 heavy (non-hydrogen) atoms. The van der Waals surface area contributed by atoms with Gasteiger partial charge in [-0.25, -0.2) is 0 Å². The van der Waals surface area contributed by atoms with E-state index in [9.17, 15) is 0 Å². The van der Waals surface area contributed by atoms with Crippen LogP contribution in [0.4, 0.5) is 11.9 Å². The van der Waals surface area contributed by atoms with E-state index in [2.05, 4.69) is 44.5 Å². The second-order valence-electron chi connectivity index (χ2n) is 5.09. The fourth-order valence-corrected chi connectivity index (χ4v) is 2.63. The number of hydrogen-bond acceptors (Lipinski definition) is 6. The van der Waals surface area contributed by atoms with Crippen molar-refractivity contribution in [1.82, 2.24) is 15.0 Å². The number of hydrogen-bond donors (Lipinski definition) is 2. The van der Waals surface area contributed by atoms with Crippen LogP contribution in [0.25, 0.3) is 0 Å². The fourth-order valence-electron chi connectivity index (χ4n) is 2.63. The predicted molar refractivity (Wildman–Crippen MR) is 81.3 cm³/mol. The average Bonchev–Trinajstić information content (AvgIpc) is 2.47. The summed E-state index contributed by atoms with van der Waals surface area (Å²) in [4.78, 5) is 12.3. The van der Waals surface area contributed by atoms with E-state index in [1.807, 2.05) is 6.92 Å². The molecular weight excluding hydrogens is 266 g/mol. The molecule has 0 amide bonds. The Morgan fingerprint density at radius 1 is 1.24 bits per heavy atom. The monoisotopic (exact) mass is 285 g/mol. The molecule has 1 aliphatic carbocycles. The first-order valence-electron chi connectivity index (χ1n) is 7.22. The Kier molecular flexibility index (Phi) is 3.85. The van der Waals surface area contributed by atoms with Gasteiger partial charge in [-0.1, -0.05) is 24.3 Å². The molecule has 1 aromatic heterocycles. The molecule has 1 heterocycles. The Hall–Kier alpha value is -2.37. The van der Waals surface area contributed by atoms with Crippen molar-refractivity contribution < 1.29 is 4.74 Å². The van der Waals surface area contributed by atoms with Gasteiger partial charge in [0.25, 0.3) is 0 Å². The topological polar surface area (TPSA) is 86.0 Å². The summed E-state index contributed by atoms with van der Waals surface area (Å²) in [5.41, 5.74) is 8.50. The lowest BCUT2D eigenvalue weighted by Gasteiger charge is -2.25. The van der Waals surface area contributed by atoms with Crippen LogP contribution in [-0.2, 0) is 12.8 Å². The molecule has 0 saturated heterocycles. The minimum Gasteiger partial charge on any atom is -0.464 e. The third-order valence-electron chi connectivity index (χ3n) is 3.59. The number of nitrogen functional groups attached to an aromatic ring is 1. The van der Waals surface area contributed by atoms with E-state index in [1.54, 1.807) is 0 Å². The molecule has 0 saturated carbocycles. The molecule has 6 nitrogen and oxygen atoms in total. The number of anilines is 2. The molecular formula is C15H19N5O. The van der Waals surface area contributed by atoms with E-state index in [1.165, 1.54) is 11.1 Å². The number of rotatable bonds is 4. The Morgan fingerprint density at radius 3 is 2.86 bits per heavy atom. The van der Waals surface area contributed by atoms with E-state index in [4.69, 9.17) is 10.5 Å². The number of ether oxygens (including phenoxy) is 1. The molecule has 3 N–H and O–H groups in total. The number of nitrogens with zero attached hydrogens (tertiary/aromatic N) is 3. The SMILES string of the molecule is CCOc1nc(N)nc(NC2CCc3ccccc3C2)n1. The Balaban J connectivity index is 1.73. The summed E-state index contributed by atoms with van der Waals surface area (Å²) in [5, 5.41) is 3.34. The van der Waals surface area contributed by atoms with E-state index in [0.717, 1.165) is 19.3 Å². The molecule has 2 aromatic rings. The van der Waals surface area contributed by atoms with Crippen molar-refractivity contribution in [3.63, 3.8) is 0 Å². The van der Waals surface area contributed by atoms with Gasteiger partial charge in [0.1, 0.15) is 0 Å². The molecule has 0 radical (unpaired) electrons. The molecule has 6 heteroatoms. The average molecular weight is 285 g/mol. The van der Waals surface area contributed by atoms with Crippen LogP contribution >= 0.6 is 0 Å². The highest BCUT2D eigenvalue weighted by molar-refractivity contribution is 5.37. The van der Waals surface area contributed by atoms with Crippen LogP contribution in [0.5, 0.6) is 6.01 Å². The highest BCUT2D eigenvalue weighted by Crippen LogP contribution is 2.23. The second-order valence-corrected chi connectivity index (χ2v) is 5.09. The van der Waals surface area contributed by atoms with Gasteiger partial charge >= 0.3 is 6.01 Å². The quantitative estimate of drug-likeness (QED) is 0.891. The smallest absolute Gasteiger partial charge is 0.323 e. The van der Waals surface area contributed by atoms with Crippen LogP contribution in [0, 0.1) is 0 Å². The summed E-state index contributed by atoms with van der Waals surface area (Å²) >= 11 is 0. The highest BCUT2D eigenvalue weighted by Gasteiger charge is 2.19. The second kappa shape index (κ2) is 5.95. The Bertz CT molecular complexity index is 631. The molecule has 1 aliphatic rings. The lowest BCUT2D eigenvalue weighted by Crippen LogP contribution is -2.28. The van der Waals surface area contributed by atoms with Crippen LogP contribution in [0.1, 0.15) is 24.5 Å². The lowest BCUT2D eigenvalue weighted by molar-refractivity contribution is 0.312. The highest BCUT2D eigenvalue weighted by atomic mass is 16.5. The first kappa shape index (κ1) is 13.6. The molecule has 0 spiro atoms. The maximum Gasteiger partial charge on any atom is 0.323 e. The van der Waals surface area contributed by atoms with Crippen molar-refractivity contribution in [3.05, 3.63) is 35.4 Å². The van der Waals surface area contributed by atoms with E-state index < -0.39 is 0 Å². The van der Waals surface area contributed by atoms with E-state index >= 15 is 0 Å². The molecule has 1 aromatic carbocycles. The van der Waals surface area contributed by atoms with Gasteiger partial charge in [0.05, 0.1) is 6.61 Å². The van der Waals surface area contributed by atoms with Crippen molar-refractivity contribution >= 4 is 11.9 Å². The molecule has 1 atom stereocenters. The first-order valence-corrected chi connectivity index (χ1v) is 7.22. The van der Waals surface area contributed by atoms with Crippen molar-refractivity contribution in [1.29, 1.82) is 0 Å². The van der Waals surface area contributed by atoms with Gasteiger partial charge in [0.2, 0.25) is 11.9 Å².